The second-order valence-electron chi connectivity index (χ2n) is 8.86. The number of likely N-dealkylation sites (tertiary alicyclic amines) is 1. The molecule has 0 aliphatic carbocycles. The van der Waals surface area contributed by atoms with Gasteiger partial charge in [0.1, 0.15) is 17.4 Å². The average molecular weight is 456 g/mol. The van der Waals surface area contributed by atoms with Gasteiger partial charge in [-0.1, -0.05) is 12.8 Å². The number of benzene rings is 1. The van der Waals surface area contributed by atoms with Crippen LogP contribution in [0.1, 0.15) is 57.4 Å². The molecule has 180 valence electrons. The number of nitrogens with two attached hydrogens (primary N) is 1. The van der Waals surface area contributed by atoms with Crippen LogP contribution in [0.25, 0.3) is 0 Å². The summed E-state index contributed by atoms with van der Waals surface area (Å²) in [6.07, 6.45) is 4.20. The Balaban J connectivity index is 1.70. The van der Waals surface area contributed by atoms with Crippen molar-refractivity contribution in [3.8, 4) is 5.75 Å². The number of rotatable bonds is 13. The van der Waals surface area contributed by atoms with E-state index in [0.29, 0.717) is 37.9 Å². The molecule has 1 saturated heterocycles. The predicted molar refractivity (Wildman–Crippen MR) is 119 cm³/mol. The Bertz CT molecular complexity index is 709. The summed E-state index contributed by atoms with van der Waals surface area (Å²) in [6.45, 7) is 3.24. The Morgan fingerprint density at radius 3 is 2.28 bits per heavy atom. The Morgan fingerprint density at radius 2 is 1.75 bits per heavy atom. The van der Waals surface area contributed by atoms with Crippen molar-refractivity contribution in [2.24, 2.45) is 5.73 Å². The Kier molecular flexibility index (Phi) is 9.88. The van der Waals surface area contributed by atoms with E-state index in [1.807, 2.05) is 0 Å². The van der Waals surface area contributed by atoms with Gasteiger partial charge in [-0.15, -0.1) is 0 Å². The van der Waals surface area contributed by atoms with Crippen LogP contribution in [0.15, 0.2) is 24.3 Å². The summed E-state index contributed by atoms with van der Waals surface area (Å²) in [5, 5.41) is 27.3. The fraction of sp³-hybridized carbons (Fsp3) is 0.682. The van der Waals surface area contributed by atoms with Crippen molar-refractivity contribution in [3.63, 3.8) is 0 Å². The summed E-state index contributed by atoms with van der Waals surface area (Å²) < 4.78 is 32.5. The number of carboxylic acids is 1. The summed E-state index contributed by atoms with van der Waals surface area (Å²) >= 11 is 0. The topological polar surface area (TPSA) is 116 Å². The van der Waals surface area contributed by atoms with E-state index in [1.165, 1.54) is 12.1 Å². The van der Waals surface area contributed by atoms with Gasteiger partial charge in [0.25, 0.3) is 5.92 Å². The number of aliphatic carboxylic acids is 1. The molecule has 0 spiro atoms. The number of hydrogen-bond donors (Lipinski definition) is 4. The predicted octanol–water partition coefficient (Wildman–Crippen LogP) is 2.85. The van der Waals surface area contributed by atoms with E-state index in [0.717, 1.165) is 39.4 Å². The average Bonchev–Trinajstić information content (AvgIpc) is 2.72. The Morgan fingerprint density at radius 1 is 1.16 bits per heavy atom. The molecule has 0 radical (unpaired) electrons. The third kappa shape index (κ3) is 8.65. The van der Waals surface area contributed by atoms with Gasteiger partial charge in [-0.05, 0) is 69.2 Å². The number of alkyl halides is 2. The molecule has 1 aromatic rings. The van der Waals surface area contributed by atoms with Crippen LogP contribution in [0.2, 0.25) is 6.32 Å². The first-order chi connectivity index (χ1) is 15.0. The highest BCUT2D eigenvalue weighted by atomic mass is 19.3. The lowest BCUT2D eigenvalue weighted by Crippen LogP contribution is -2.48. The van der Waals surface area contributed by atoms with E-state index in [9.17, 15) is 18.7 Å². The van der Waals surface area contributed by atoms with Crippen molar-refractivity contribution in [3.05, 3.63) is 29.8 Å². The Hall–Kier alpha value is -1.75. The van der Waals surface area contributed by atoms with Gasteiger partial charge in [0.2, 0.25) is 0 Å². The first-order valence-corrected chi connectivity index (χ1v) is 11.3. The molecule has 1 fully saturated rings. The van der Waals surface area contributed by atoms with Crippen molar-refractivity contribution >= 4 is 13.1 Å². The van der Waals surface area contributed by atoms with Gasteiger partial charge in [0.05, 0.1) is 0 Å². The highest BCUT2D eigenvalue weighted by Gasteiger charge is 2.33. The smallest absolute Gasteiger partial charge is 0.451 e. The molecule has 1 aliphatic rings. The van der Waals surface area contributed by atoms with Gasteiger partial charge in [-0.3, -0.25) is 4.79 Å². The zero-order chi connectivity index (χ0) is 23.8. The van der Waals surface area contributed by atoms with Gasteiger partial charge >= 0.3 is 13.1 Å². The second-order valence-corrected chi connectivity index (χ2v) is 8.86. The van der Waals surface area contributed by atoms with Crippen molar-refractivity contribution in [2.75, 3.05) is 19.6 Å². The standard InChI is InChI=1S/C22H35BF2N2O5/c1-21(24,25)17-5-7-18(8-6-17)32-19-9-15-27(16-10-19)14-4-12-22(26,20(28)29)11-2-3-13-23(30)31/h5-8,19,30-31H,2-4,9-16,26H2,1H3,(H,28,29). The number of hydrogen-bond acceptors (Lipinski definition) is 6. The maximum atomic E-state index is 13.3. The van der Waals surface area contributed by atoms with Crippen LogP contribution in [0.3, 0.4) is 0 Å². The fourth-order valence-corrected chi connectivity index (χ4v) is 3.99. The molecule has 1 unspecified atom stereocenters. The lowest BCUT2D eigenvalue weighted by Gasteiger charge is -2.33. The number of ether oxygens (including phenoxy) is 1. The minimum atomic E-state index is -2.87. The number of halogens is 2. The number of carbonyl (C=O) groups is 1. The maximum absolute atomic E-state index is 13.3. The largest absolute Gasteiger partial charge is 0.490 e. The molecule has 0 bridgehead atoms. The maximum Gasteiger partial charge on any atom is 0.451 e. The lowest BCUT2D eigenvalue weighted by molar-refractivity contribution is -0.144. The molecule has 1 atom stereocenters. The molecule has 1 aliphatic heterocycles. The van der Waals surface area contributed by atoms with E-state index in [1.54, 1.807) is 12.1 Å². The van der Waals surface area contributed by atoms with Gasteiger partial charge in [-0.25, -0.2) is 8.78 Å². The third-order valence-electron chi connectivity index (χ3n) is 6.06. The van der Waals surface area contributed by atoms with Gasteiger partial charge in [0.15, 0.2) is 0 Å². The van der Waals surface area contributed by atoms with Gasteiger partial charge in [-0.2, -0.15) is 0 Å². The van der Waals surface area contributed by atoms with Crippen LogP contribution in [-0.2, 0) is 10.7 Å². The van der Waals surface area contributed by atoms with Crippen molar-refractivity contribution < 1.29 is 33.5 Å². The van der Waals surface area contributed by atoms with E-state index in [-0.39, 0.29) is 18.0 Å². The molecule has 0 amide bonds. The van der Waals surface area contributed by atoms with Crippen LogP contribution in [0, 0.1) is 0 Å². The monoisotopic (exact) mass is 456 g/mol. The zero-order valence-electron chi connectivity index (χ0n) is 18.7. The Labute approximate surface area is 188 Å². The van der Waals surface area contributed by atoms with E-state index in [2.05, 4.69) is 4.90 Å². The van der Waals surface area contributed by atoms with E-state index in [4.69, 9.17) is 20.5 Å². The number of nitrogens with zero attached hydrogens (tertiary/aromatic N) is 1. The highest BCUT2D eigenvalue weighted by molar-refractivity contribution is 6.40. The first kappa shape index (κ1) is 26.5. The van der Waals surface area contributed by atoms with Crippen molar-refractivity contribution in [1.29, 1.82) is 0 Å². The van der Waals surface area contributed by atoms with E-state index < -0.39 is 24.5 Å². The molecule has 2 rings (SSSR count). The number of carboxylic acid groups (broad SMARTS) is 1. The summed E-state index contributed by atoms with van der Waals surface area (Å²) in [4.78, 5) is 13.9. The number of piperidine rings is 1. The summed E-state index contributed by atoms with van der Waals surface area (Å²) in [7, 11) is -1.38. The van der Waals surface area contributed by atoms with E-state index >= 15 is 0 Å². The normalized spacial score (nSPS) is 17.7. The fourth-order valence-electron chi connectivity index (χ4n) is 3.99. The molecular weight excluding hydrogens is 421 g/mol. The van der Waals surface area contributed by atoms with Crippen LogP contribution in [0.5, 0.6) is 5.75 Å². The summed E-state index contributed by atoms with van der Waals surface area (Å²) in [5.74, 6) is -3.31. The minimum absolute atomic E-state index is 0.0220. The zero-order valence-corrected chi connectivity index (χ0v) is 18.7. The quantitative estimate of drug-likeness (QED) is 0.267. The number of unbranched alkanes of at least 4 members (excludes halogenated alkanes) is 1. The highest BCUT2D eigenvalue weighted by Crippen LogP contribution is 2.29. The molecule has 5 N–H and O–H groups in total. The SMILES string of the molecule is CC(F)(F)c1ccc(OC2CCN(CCCC(N)(CCCCB(O)O)C(=O)O)CC2)cc1. The molecule has 0 aromatic heterocycles. The molecule has 1 heterocycles. The molecule has 32 heavy (non-hydrogen) atoms. The third-order valence-corrected chi connectivity index (χ3v) is 6.06. The first-order valence-electron chi connectivity index (χ1n) is 11.3. The van der Waals surface area contributed by atoms with Crippen LogP contribution in [0.4, 0.5) is 8.78 Å². The van der Waals surface area contributed by atoms with Crippen LogP contribution < -0.4 is 10.5 Å². The second kappa shape index (κ2) is 11.9. The summed E-state index contributed by atoms with van der Waals surface area (Å²) in [6, 6.07) is 5.93. The van der Waals surface area contributed by atoms with Gasteiger partial charge < -0.3 is 30.5 Å². The van der Waals surface area contributed by atoms with Crippen LogP contribution >= 0.6 is 0 Å². The van der Waals surface area contributed by atoms with Crippen molar-refractivity contribution in [1.82, 2.24) is 4.90 Å². The summed E-state index contributed by atoms with van der Waals surface area (Å²) in [5.41, 5.74) is 4.77. The lowest BCUT2D eigenvalue weighted by atomic mass is 9.81. The molecule has 0 saturated carbocycles. The molecular formula is C22H35BF2N2O5. The minimum Gasteiger partial charge on any atom is -0.490 e. The molecule has 1 aromatic carbocycles. The van der Waals surface area contributed by atoms with Crippen LogP contribution in [-0.4, -0.2) is 64.4 Å². The molecule has 10 heteroatoms. The van der Waals surface area contributed by atoms with Gasteiger partial charge in [0, 0.05) is 25.6 Å². The molecule has 7 nitrogen and oxygen atoms in total. The van der Waals surface area contributed by atoms with Crippen molar-refractivity contribution in [2.45, 2.75) is 75.8 Å².